The minimum absolute atomic E-state index is 0.0772. The fourth-order valence-electron chi connectivity index (χ4n) is 4.35. The minimum Gasteiger partial charge on any atom is -0.381 e. The van der Waals surface area contributed by atoms with E-state index >= 15 is 0 Å². The van der Waals surface area contributed by atoms with E-state index in [1.165, 1.54) is 11.1 Å². The van der Waals surface area contributed by atoms with Crippen molar-refractivity contribution in [2.24, 2.45) is 11.8 Å². The molecule has 0 radical (unpaired) electrons. The predicted octanol–water partition coefficient (Wildman–Crippen LogP) is 2.40. The first-order valence-corrected chi connectivity index (χ1v) is 9.21. The molecule has 2 aliphatic rings. The van der Waals surface area contributed by atoms with E-state index in [4.69, 9.17) is 4.74 Å². The van der Waals surface area contributed by atoms with E-state index in [0.29, 0.717) is 31.5 Å². The maximum Gasteiger partial charge on any atom is 0.224 e. The van der Waals surface area contributed by atoms with Crippen LogP contribution < -0.4 is 0 Å². The Balaban J connectivity index is 1.77. The van der Waals surface area contributed by atoms with Gasteiger partial charge in [-0.05, 0) is 25.0 Å². The summed E-state index contributed by atoms with van der Waals surface area (Å²) in [7, 11) is 0. The molecule has 5 heteroatoms. The Hall–Kier alpha value is -1.88. The molecule has 0 N–H and O–H groups in total. The molecule has 136 valence electrons. The summed E-state index contributed by atoms with van der Waals surface area (Å²) < 4.78 is 5.31. The van der Waals surface area contributed by atoms with E-state index in [2.05, 4.69) is 19.1 Å². The van der Waals surface area contributed by atoms with Gasteiger partial charge in [0.2, 0.25) is 11.8 Å². The number of fused-ring (bicyclic) bond motifs is 1. The number of amides is 2. The van der Waals surface area contributed by atoms with Crippen molar-refractivity contribution in [2.45, 2.75) is 33.2 Å². The molecule has 0 aliphatic carbocycles. The van der Waals surface area contributed by atoms with Crippen LogP contribution in [0.2, 0.25) is 0 Å². The fraction of sp³-hybridized carbons (Fsp3) is 0.600. The molecule has 0 aromatic heterocycles. The van der Waals surface area contributed by atoms with E-state index in [1.54, 1.807) is 6.92 Å². The number of benzene rings is 1. The maximum atomic E-state index is 12.4. The molecular weight excluding hydrogens is 316 g/mol. The molecule has 1 aromatic carbocycles. The highest BCUT2D eigenvalue weighted by molar-refractivity contribution is 5.77. The number of hydrogen-bond donors (Lipinski definition) is 0. The average molecular weight is 344 g/mol. The smallest absolute Gasteiger partial charge is 0.224 e. The summed E-state index contributed by atoms with van der Waals surface area (Å²) in [5.74, 6) is 0.975. The lowest BCUT2D eigenvalue weighted by molar-refractivity contribution is -0.132. The van der Waals surface area contributed by atoms with Crippen molar-refractivity contribution < 1.29 is 14.3 Å². The van der Waals surface area contributed by atoms with Gasteiger partial charge in [0.05, 0.1) is 19.1 Å². The molecule has 1 aromatic rings. The summed E-state index contributed by atoms with van der Waals surface area (Å²) >= 11 is 0. The van der Waals surface area contributed by atoms with Crippen molar-refractivity contribution >= 4 is 11.8 Å². The molecule has 0 unspecified atom stereocenters. The van der Waals surface area contributed by atoms with Gasteiger partial charge in [0.25, 0.3) is 0 Å². The Labute approximate surface area is 149 Å². The molecule has 0 bridgehead atoms. The van der Waals surface area contributed by atoms with Crippen LogP contribution in [0.5, 0.6) is 0 Å². The first kappa shape index (κ1) is 17.9. The summed E-state index contributed by atoms with van der Waals surface area (Å²) in [4.78, 5) is 28.6. The Morgan fingerprint density at radius 3 is 2.64 bits per heavy atom. The third kappa shape index (κ3) is 3.56. The molecule has 2 fully saturated rings. The van der Waals surface area contributed by atoms with Crippen molar-refractivity contribution in [3.05, 3.63) is 35.4 Å². The number of ether oxygens (including phenoxy) is 1. The van der Waals surface area contributed by atoms with Gasteiger partial charge in [-0.2, -0.15) is 0 Å². The van der Waals surface area contributed by atoms with Gasteiger partial charge in [-0.25, -0.2) is 0 Å². The lowest BCUT2D eigenvalue weighted by atomic mass is 9.87. The van der Waals surface area contributed by atoms with Crippen molar-refractivity contribution in [1.29, 1.82) is 0 Å². The van der Waals surface area contributed by atoms with Gasteiger partial charge in [0.15, 0.2) is 0 Å². The SMILES string of the molecule is CCOCCC(=O)N1C[C@@H]2CN(C(C)=O)[C@@H](c3ccccc3C)[C@@H]2C1. The number of hydrogen-bond acceptors (Lipinski definition) is 3. The molecule has 2 aliphatic heterocycles. The van der Waals surface area contributed by atoms with Crippen LogP contribution in [0, 0.1) is 18.8 Å². The van der Waals surface area contributed by atoms with Crippen LogP contribution in [0.1, 0.15) is 37.4 Å². The number of rotatable bonds is 5. The van der Waals surface area contributed by atoms with Crippen LogP contribution in [0.4, 0.5) is 0 Å². The zero-order valence-electron chi connectivity index (χ0n) is 15.4. The van der Waals surface area contributed by atoms with Gasteiger partial charge < -0.3 is 14.5 Å². The lowest BCUT2D eigenvalue weighted by Gasteiger charge is -2.30. The summed E-state index contributed by atoms with van der Waals surface area (Å²) in [6.45, 7) is 9.05. The van der Waals surface area contributed by atoms with Gasteiger partial charge in [-0.15, -0.1) is 0 Å². The highest BCUT2D eigenvalue weighted by Crippen LogP contribution is 2.45. The molecule has 2 heterocycles. The second-order valence-corrected chi connectivity index (χ2v) is 7.14. The van der Waals surface area contributed by atoms with E-state index in [-0.39, 0.29) is 17.9 Å². The highest BCUT2D eigenvalue weighted by Gasteiger charge is 2.49. The predicted molar refractivity (Wildman–Crippen MR) is 96.0 cm³/mol. The summed E-state index contributed by atoms with van der Waals surface area (Å²) in [6.07, 6.45) is 0.443. The molecule has 5 nitrogen and oxygen atoms in total. The maximum absolute atomic E-state index is 12.4. The Morgan fingerprint density at radius 2 is 1.96 bits per heavy atom. The summed E-state index contributed by atoms with van der Waals surface area (Å²) in [6, 6.07) is 8.36. The fourth-order valence-corrected chi connectivity index (χ4v) is 4.35. The molecule has 2 amide bonds. The lowest BCUT2D eigenvalue weighted by Crippen LogP contribution is -2.37. The number of nitrogens with zero attached hydrogens (tertiary/aromatic N) is 2. The van der Waals surface area contributed by atoms with Crippen molar-refractivity contribution in [2.75, 3.05) is 32.8 Å². The molecule has 3 atom stereocenters. The van der Waals surface area contributed by atoms with Crippen LogP contribution in [0.15, 0.2) is 24.3 Å². The molecule has 0 saturated carbocycles. The van der Waals surface area contributed by atoms with Gasteiger partial charge in [0, 0.05) is 45.0 Å². The summed E-state index contributed by atoms with van der Waals surface area (Å²) in [5.41, 5.74) is 2.43. The van der Waals surface area contributed by atoms with Crippen LogP contribution >= 0.6 is 0 Å². The molecule has 3 rings (SSSR count). The molecular formula is C20H28N2O3. The highest BCUT2D eigenvalue weighted by atomic mass is 16.5. The largest absolute Gasteiger partial charge is 0.381 e. The van der Waals surface area contributed by atoms with Crippen LogP contribution in [0.25, 0.3) is 0 Å². The Morgan fingerprint density at radius 1 is 1.20 bits per heavy atom. The second kappa shape index (κ2) is 7.56. The monoisotopic (exact) mass is 344 g/mol. The Bertz CT molecular complexity index is 646. The van der Waals surface area contributed by atoms with Gasteiger partial charge in [-0.1, -0.05) is 24.3 Å². The van der Waals surface area contributed by atoms with Crippen LogP contribution in [-0.2, 0) is 14.3 Å². The standard InChI is InChI=1S/C20H28N2O3/c1-4-25-10-9-19(24)21-11-16-12-22(15(3)23)20(18(16)13-21)17-8-6-5-7-14(17)2/h5-8,16,18,20H,4,9-13H2,1-3H3/t16-,18-,20+/m1/s1. The topological polar surface area (TPSA) is 49.9 Å². The van der Waals surface area contributed by atoms with E-state index in [9.17, 15) is 9.59 Å². The number of likely N-dealkylation sites (tertiary alicyclic amines) is 2. The second-order valence-electron chi connectivity index (χ2n) is 7.14. The summed E-state index contributed by atoms with van der Waals surface area (Å²) in [5, 5.41) is 0. The quantitative estimate of drug-likeness (QED) is 0.771. The third-order valence-electron chi connectivity index (χ3n) is 5.59. The number of aryl methyl sites for hydroxylation is 1. The van der Waals surface area contributed by atoms with Gasteiger partial charge in [0.1, 0.15) is 0 Å². The van der Waals surface area contributed by atoms with Gasteiger partial charge in [-0.3, -0.25) is 9.59 Å². The van der Waals surface area contributed by atoms with Crippen LogP contribution in [0.3, 0.4) is 0 Å². The molecule has 0 spiro atoms. The van der Waals surface area contributed by atoms with E-state index < -0.39 is 0 Å². The zero-order chi connectivity index (χ0) is 18.0. The van der Waals surface area contributed by atoms with Crippen LogP contribution in [-0.4, -0.2) is 54.5 Å². The average Bonchev–Trinajstić information content (AvgIpc) is 3.13. The third-order valence-corrected chi connectivity index (χ3v) is 5.59. The van der Waals surface area contributed by atoms with Crippen molar-refractivity contribution in [1.82, 2.24) is 9.80 Å². The molecule has 2 saturated heterocycles. The zero-order valence-corrected chi connectivity index (χ0v) is 15.4. The van der Waals surface area contributed by atoms with Crippen molar-refractivity contribution in [3.8, 4) is 0 Å². The Kier molecular flexibility index (Phi) is 5.42. The number of carbonyl (C=O) groups is 2. The van der Waals surface area contributed by atoms with E-state index in [1.807, 2.05) is 28.9 Å². The first-order chi connectivity index (χ1) is 12.0. The normalized spacial score (nSPS) is 25.3. The van der Waals surface area contributed by atoms with Gasteiger partial charge >= 0.3 is 0 Å². The van der Waals surface area contributed by atoms with E-state index in [0.717, 1.165) is 19.6 Å². The first-order valence-electron chi connectivity index (χ1n) is 9.21. The molecule has 25 heavy (non-hydrogen) atoms. The van der Waals surface area contributed by atoms with Crippen molar-refractivity contribution in [3.63, 3.8) is 0 Å². The minimum atomic E-state index is 0.0772. The number of carbonyl (C=O) groups excluding carboxylic acids is 2.